The molecule has 0 bridgehead atoms. The highest BCUT2D eigenvalue weighted by atomic mass is 35.5. The first-order valence-electron chi connectivity index (χ1n) is 4.92. The zero-order valence-electron chi connectivity index (χ0n) is 8.43. The zero-order valence-corrected chi connectivity index (χ0v) is 9.18. The minimum absolute atomic E-state index is 0.104. The van der Waals surface area contributed by atoms with E-state index in [1.54, 1.807) is 6.07 Å². The second kappa shape index (κ2) is 3.35. The van der Waals surface area contributed by atoms with Crippen molar-refractivity contribution >= 4 is 11.6 Å². The maximum atomic E-state index is 13.8. The molecule has 1 aromatic rings. The number of phenols is 1. The van der Waals surface area contributed by atoms with Crippen molar-refractivity contribution in [2.75, 3.05) is 0 Å². The molecule has 1 atom stereocenters. The van der Waals surface area contributed by atoms with Crippen molar-refractivity contribution in [1.29, 1.82) is 0 Å². The number of hydrogen-bond donors (Lipinski definition) is 2. The number of rotatable bonds is 2. The van der Waals surface area contributed by atoms with Gasteiger partial charge < -0.3 is 10.8 Å². The van der Waals surface area contributed by atoms with Crippen LogP contribution >= 0.6 is 11.6 Å². The summed E-state index contributed by atoms with van der Waals surface area (Å²) in [6.45, 7) is 1.87. The number of phenolic OH excluding ortho intramolecular Hbond substituents is 1. The molecule has 1 fully saturated rings. The highest BCUT2D eigenvalue weighted by Gasteiger charge is 2.49. The molecule has 2 nitrogen and oxygen atoms in total. The molecule has 82 valence electrons. The summed E-state index contributed by atoms with van der Waals surface area (Å²) in [5.74, 6) is -0.759. The first kappa shape index (κ1) is 10.7. The van der Waals surface area contributed by atoms with Gasteiger partial charge in [-0.05, 0) is 31.4 Å². The SMILES string of the molecule is CC(N)C1(c2ccc(O)c(Cl)c2F)CC1. The predicted octanol–water partition coefficient (Wildman–Crippen LogP) is 2.56. The Morgan fingerprint density at radius 2 is 2.13 bits per heavy atom. The van der Waals surface area contributed by atoms with Crippen LogP contribution in [0.2, 0.25) is 5.02 Å². The van der Waals surface area contributed by atoms with Crippen LogP contribution in [0, 0.1) is 5.82 Å². The molecule has 0 spiro atoms. The summed E-state index contributed by atoms with van der Waals surface area (Å²) in [6.07, 6.45) is 1.76. The largest absolute Gasteiger partial charge is 0.506 e. The lowest BCUT2D eigenvalue weighted by Gasteiger charge is -2.21. The predicted molar refractivity (Wildman–Crippen MR) is 57.6 cm³/mol. The summed E-state index contributed by atoms with van der Waals surface area (Å²) in [5.41, 5.74) is 6.10. The molecule has 1 unspecified atom stereocenters. The molecule has 0 aromatic heterocycles. The summed E-state index contributed by atoms with van der Waals surface area (Å²) in [4.78, 5) is 0. The highest BCUT2D eigenvalue weighted by molar-refractivity contribution is 6.32. The van der Waals surface area contributed by atoms with Gasteiger partial charge in [0.2, 0.25) is 0 Å². The number of nitrogens with two attached hydrogens (primary N) is 1. The molecule has 3 N–H and O–H groups in total. The van der Waals surface area contributed by atoms with Gasteiger partial charge >= 0.3 is 0 Å². The van der Waals surface area contributed by atoms with Gasteiger partial charge in [-0.15, -0.1) is 0 Å². The van der Waals surface area contributed by atoms with Crippen LogP contribution in [-0.2, 0) is 5.41 Å². The second-order valence-electron chi connectivity index (χ2n) is 4.21. The summed E-state index contributed by atoms with van der Waals surface area (Å²) in [6, 6.07) is 2.89. The second-order valence-corrected chi connectivity index (χ2v) is 4.58. The molecule has 1 aliphatic rings. The quantitative estimate of drug-likeness (QED) is 0.819. The molecule has 1 aliphatic carbocycles. The fourth-order valence-corrected chi connectivity index (χ4v) is 2.19. The van der Waals surface area contributed by atoms with Crippen molar-refractivity contribution in [2.24, 2.45) is 5.73 Å². The third-order valence-corrected chi connectivity index (χ3v) is 3.62. The summed E-state index contributed by atoms with van der Waals surface area (Å²) in [5, 5.41) is 9.04. The fourth-order valence-electron chi connectivity index (χ4n) is 2.03. The van der Waals surface area contributed by atoms with Crippen LogP contribution in [-0.4, -0.2) is 11.1 Å². The lowest BCUT2D eigenvalue weighted by Crippen LogP contribution is -2.32. The Labute approximate surface area is 92.9 Å². The lowest BCUT2D eigenvalue weighted by molar-refractivity contribution is 0.461. The van der Waals surface area contributed by atoms with Gasteiger partial charge in [0.15, 0.2) is 0 Å². The average Bonchev–Trinajstić information content (AvgIpc) is 2.95. The van der Waals surface area contributed by atoms with Gasteiger partial charge in [-0.25, -0.2) is 4.39 Å². The van der Waals surface area contributed by atoms with Crippen molar-refractivity contribution in [3.05, 3.63) is 28.5 Å². The molecule has 2 rings (SSSR count). The lowest BCUT2D eigenvalue weighted by atomic mass is 9.89. The Hall–Kier alpha value is -0.800. The summed E-state index contributed by atoms with van der Waals surface area (Å²) in [7, 11) is 0. The number of aromatic hydroxyl groups is 1. The van der Waals surface area contributed by atoms with Gasteiger partial charge in [0.25, 0.3) is 0 Å². The van der Waals surface area contributed by atoms with E-state index in [2.05, 4.69) is 0 Å². The number of hydrogen-bond acceptors (Lipinski definition) is 2. The third kappa shape index (κ3) is 1.50. The van der Waals surface area contributed by atoms with Gasteiger partial charge in [0, 0.05) is 11.5 Å². The maximum absolute atomic E-state index is 13.8. The Bertz CT molecular complexity index is 402. The van der Waals surface area contributed by atoms with Crippen LogP contribution < -0.4 is 5.73 Å². The first-order chi connectivity index (χ1) is 6.99. The number of benzene rings is 1. The molecule has 15 heavy (non-hydrogen) atoms. The Balaban J connectivity index is 2.51. The van der Waals surface area contributed by atoms with Crippen LogP contribution in [0.4, 0.5) is 4.39 Å². The van der Waals surface area contributed by atoms with E-state index in [1.807, 2.05) is 6.92 Å². The third-order valence-electron chi connectivity index (χ3n) is 3.26. The van der Waals surface area contributed by atoms with Gasteiger partial charge in [-0.1, -0.05) is 17.7 Å². The van der Waals surface area contributed by atoms with Crippen LogP contribution in [0.5, 0.6) is 5.75 Å². The molecule has 0 amide bonds. The molecule has 1 aromatic carbocycles. The van der Waals surface area contributed by atoms with Crippen molar-refractivity contribution in [3.63, 3.8) is 0 Å². The molecular formula is C11H13ClFNO. The van der Waals surface area contributed by atoms with Crippen molar-refractivity contribution in [3.8, 4) is 5.75 Å². The molecule has 0 saturated heterocycles. The average molecular weight is 230 g/mol. The summed E-state index contributed by atoms with van der Waals surface area (Å²) >= 11 is 5.66. The monoisotopic (exact) mass is 229 g/mol. The fraction of sp³-hybridized carbons (Fsp3) is 0.455. The van der Waals surface area contributed by atoms with Crippen LogP contribution in [0.3, 0.4) is 0 Å². The van der Waals surface area contributed by atoms with Crippen molar-refractivity contribution in [2.45, 2.75) is 31.2 Å². The van der Waals surface area contributed by atoms with Gasteiger partial charge in [-0.2, -0.15) is 0 Å². The highest BCUT2D eigenvalue weighted by Crippen LogP contribution is 2.52. The van der Waals surface area contributed by atoms with E-state index in [0.717, 1.165) is 12.8 Å². The smallest absolute Gasteiger partial charge is 0.149 e. The van der Waals surface area contributed by atoms with E-state index >= 15 is 0 Å². The van der Waals surface area contributed by atoms with E-state index < -0.39 is 5.82 Å². The normalized spacial score (nSPS) is 20.0. The van der Waals surface area contributed by atoms with E-state index in [4.69, 9.17) is 17.3 Å². The van der Waals surface area contributed by atoms with Crippen LogP contribution in [0.1, 0.15) is 25.3 Å². The molecule has 0 radical (unpaired) electrons. The van der Waals surface area contributed by atoms with Crippen LogP contribution in [0.15, 0.2) is 12.1 Å². The molecule has 0 aliphatic heterocycles. The minimum atomic E-state index is -0.536. The Morgan fingerprint density at radius 1 is 1.53 bits per heavy atom. The van der Waals surface area contributed by atoms with Gasteiger partial charge in [0.05, 0.1) is 0 Å². The van der Waals surface area contributed by atoms with Gasteiger partial charge in [-0.3, -0.25) is 0 Å². The number of halogens is 2. The Morgan fingerprint density at radius 3 is 2.60 bits per heavy atom. The molecular weight excluding hydrogens is 217 g/mol. The summed E-state index contributed by atoms with van der Waals surface area (Å²) < 4.78 is 13.8. The molecule has 1 saturated carbocycles. The topological polar surface area (TPSA) is 46.2 Å². The van der Waals surface area contributed by atoms with E-state index in [-0.39, 0.29) is 22.2 Å². The minimum Gasteiger partial charge on any atom is -0.506 e. The van der Waals surface area contributed by atoms with Crippen LogP contribution in [0.25, 0.3) is 0 Å². The first-order valence-corrected chi connectivity index (χ1v) is 5.30. The molecule has 4 heteroatoms. The standard InChI is InChI=1S/C11H13ClFNO/c1-6(14)11(4-5-11)7-2-3-8(15)9(12)10(7)13/h2-3,6,15H,4-5,14H2,1H3. The van der Waals surface area contributed by atoms with Gasteiger partial charge in [0.1, 0.15) is 16.6 Å². The van der Waals surface area contributed by atoms with E-state index in [1.165, 1.54) is 6.07 Å². The maximum Gasteiger partial charge on any atom is 0.149 e. The van der Waals surface area contributed by atoms with Crippen molar-refractivity contribution < 1.29 is 9.50 Å². The molecule has 0 heterocycles. The van der Waals surface area contributed by atoms with E-state index in [9.17, 15) is 9.50 Å². The Kier molecular flexibility index (Phi) is 2.40. The van der Waals surface area contributed by atoms with Crippen molar-refractivity contribution in [1.82, 2.24) is 0 Å². The van der Waals surface area contributed by atoms with E-state index in [0.29, 0.717) is 5.56 Å². The zero-order chi connectivity index (χ0) is 11.2.